The number of carbonyl (C=O) groups excluding carboxylic acids is 1. The van der Waals surface area contributed by atoms with Gasteiger partial charge in [-0.05, 0) is 13.8 Å². The molecule has 0 radical (unpaired) electrons. The Bertz CT molecular complexity index is 140. The first-order valence-electron chi connectivity index (χ1n) is 3.37. The smallest absolute Gasteiger partial charge is 0.426 e. The zero-order valence-electron chi connectivity index (χ0n) is 6.61. The van der Waals surface area contributed by atoms with Crippen molar-refractivity contribution in [1.82, 2.24) is 5.32 Å². The SMILES string of the molecule is C[C@H](NC(=O)[C@H](C)N)B(O)O. The minimum absolute atomic E-state index is 0.398. The Morgan fingerprint density at radius 3 is 2.27 bits per heavy atom. The quantitative estimate of drug-likeness (QED) is 0.354. The second-order valence-electron chi connectivity index (χ2n) is 2.50. The maximum absolute atomic E-state index is 10.8. The van der Waals surface area contributed by atoms with E-state index < -0.39 is 25.0 Å². The molecule has 0 spiro atoms. The van der Waals surface area contributed by atoms with Gasteiger partial charge in [0.25, 0.3) is 0 Å². The number of hydrogen-bond donors (Lipinski definition) is 4. The molecule has 5 nitrogen and oxygen atoms in total. The molecule has 0 aliphatic carbocycles. The molecule has 0 heterocycles. The van der Waals surface area contributed by atoms with Gasteiger partial charge < -0.3 is 21.1 Å². The third-order valence-corrected chi connectivity index (χ3v) is 1.23. The van der Waals surface area contributed by atoms with E-state index in [1.807, 2.05) is 0 Å². The van der Waals surface area contributed by atoms with E-state index in [0.717, 1.165) is 0 Å². The van der Waals surface area contributed by atoms with Crippen molar-refractivity contribution in [2.45, 2.75) is 25.8 Å². The summed E-state index contributed by atoms with van der Waals surface area (Å²) in [5.41, 5.74) is 5.21. The molecule has 1 amide bonds. The van der Waals surface area contributed by atoms with Crippen LogP contribution in [0.1, 0.15) is 13.8 Å². The third kappa shape index (κ3) is 3.97. The molecule has 5 N–H and O–H groups in total. The van der Waals surface area contributed by atoms with Gasteiger partial charge in [-0.15, -0.1) is 0 Å². The van der Waals surface area contributed by atoms with E-state index in [1.165, 1.54) is 13.8 Å². The standard InChI is InChI=1S/C5H13BN2O3/c1-3(7)5(9)8-4(2)6(10)11/h3-4,10-11H,7H2,1-2H3,(H,8,9)/t3-,4-/m0/s1. The Balaban J connectivity index is 3.76. The lowest BCUT2D eigenvalue weighted by Crippen LogP contribution is -2.49. The molecule has 0 rings (SSSR count). The van der Waals surface area contributed by atoms with Crippen molar-refractivity contribution in [2.24, 2.45) is 5.73 Å². The van der Waals surface area contributed by atoms with Gasteiger partial charge in [0, 0.05) is 0 Å². The molecule has 0 aromatic rings. The molecule has 11 heavy (non-hydrogen) atoms. The summed E-state index contributed by atoms with van der Waals surface area (Å²) in [6.07, 6.45) is 0. The van der Waals surface area contributed by atoms with Crippen LogP contribution < -0.4 is 11.1 Å². The van der Waals surface area contributed by atoms with Crippen LogP contribution in [0.2, 0.25) is 0 Å². The molecule has 0 saturated carbocycles. The minimum Gasteiger partial charge on any atom is -0.426 e. The Labute approximate surface area is 65.7 Å². The van der Waals surface area contributed by atoms with Crippen molar-refractivity contribution in [2.75, 3.05) is 0 Å². The van der Waals surface area contributed by atoms with Crippen LogP contribution in [0, 0.1) is 0 Å². The van der Waals surface area contributed by atoms with E-state index in [1.54, 1.807) is 0 Å². The van der Waals surface area contributed by atoms with E-state index >= 15 is 0 Å². The largest absolute Gasteiger partial charge is 0.475 e. The molecule has 0 unspecified atom stereocenters. The van der Waals surface area contributed by atoms with Gasteiger partial charge >= 0.3 is 7.12 Å². The zero-order valence-corrected chi connectivity index (χ0v) is 6.61. The fourth-order valence-corrected chi connectivity index (χ4v) is 0.430. The molecule has 6 heteroatoms. The monoisotopic (exact) mass is 160 g/mol. The third-order valence-electron chi connectivity index (χ3n) is 1.23. The van der Waals surface area contributed by atoms with Gasteiger partial charge in [0.2, 0.25) is 5.91 Å². The molecule has 0 saturated heterocycles. The number of hydrogen-bond acceptors (Lipinski definition) is 4. The summed E-state index contributed by atoms with van der Waals surface area (Å²) in [4.78, 5) is 10.8. The second kappa shape index (κ2) is 4.33. The van der Waals surface area contributed by atoms with Gasteiger partial charge in [-0.3, -0.25) is 4.79 Å². The topological polar surface area (TPSA) is 95.6 Å². The predicted molar refractivity (Wildman–Crippen MR) is 41.4 cm³/mol. The van der Waals surface area contributed by atoms with Crippen molar-refractivity contribution in [3.63, 3.8) is 0 Å². The molecular formula is C5H13BN2O3. The number of nitrogens with one attached hydrogen (secondary N) is 1. The van der Waals surface area contributed by atoms with Crippen LogP contribution in [-0.2, 0) is 4.79 Å². The van der Waals surface area contributed by atoms with Gasteiger partial charge in [0.1, 0.15) is 0 Å². The number of amides is 1. The first-order valence-corrected chi connectivity index (χ1v) is 3.37. The molecule has 0 aromatic heterocycles. The lowest BCUT2D eigenvalue weighted by atomic mass is 9.81. The number of rotatable bonds is 3. The molecular weight excluding hydrogens is 147 g/mol. The fourth-order valence-electron chi connectivity index (χ4n) is 0.430. The molecule has 64 valence electrons. The van der Waals surface area contributed by atoms with Gasteiger partial charge in [0.15, 0.2) is 0 Å². The zero-order chi connectivity index (χ0) is 9.02. The summed E-state index contributed by atoms with van der Waals surface area (Å²) in [6.45, 7) is 3.00. The highest BCUT2D eigenvalue weighted by atomic mass is 16.4. The highest BCUT2D eigenvalue weighted by Gasteiger charge is 2.20. The first-order chi connectivity index (χ1) is 4.95. The maximum atomic E-state index is 10.8. The van der Waals surface area contributed by atoms with Gasteiger partial charge in [0.05, 0.1) is 12.0 Å². The van der Waals surface area contributed by atoms with E-state index in [9.17, 15) is 4.79 Å². The van der Waals surface area contributed by atoms with Crippen LogP contribution in [0.3, 0.4) is 0 Å². The summed E-state index contributed by atoms with van der Waals surface area (Å²) >= 11 is 0. The van der Waals surface area contributed by atoms with Crippen molar-refractivity contribution >= 4 is 13.0 Å². The van der Waals surface area contributed by atoms with Crippen LogP contribution in [0.5, 0.6) is 0 Å². The van der Waals surface area contributed by atoms with E-state index in [-0.39, 0.29) is 0 Å². The maximum Gasteiger partial charge on any atom is 0.475 e. The summed E-state index contributed by atoms with van der Waals surface area (Å²) < 4.78 is 0. The molecule has 2 atom stereocenters. The van der Waals surface area contributed by atoms with Gasteiger partial charge in [-0.25, -0.2) is 0 Å². The van der Waals surface area contributed by atoms with E-state index in [2.05, 4.69) is 5.32 Å². The van der Waals surface area contributed by atoms with E-state index in [4.69, 9.17) is 15.8 Å². The summed E-state index contributed by atoms with van der Waals surface area (Å²) in [5.74, 6) is -1.08. The Kier molecular flexibility index (Phi) is 4.10. The molecule has 0 bridgehead atoms. The molecule has 0 fully saturated rings. The van der Waals surface area contributed by atoms with Gasteiger partial charge in [-0.2, -0.15) is 0 Å². The lowest BCUT2D eigenvalue weighted by molar-refractivity contribution is -0.122. The molecule has 0 aliphatic heterocycles. The highest BCUT2D eigenvalue weighted by Crippen LogP contribution is 1.84. The normalized spacial score (nSPS) is 15.4. The predicted octanol–water partition coefficient (Wildman–Crippen LogP) is -2.15. The average molecular weight is 160 g/mol. The first kappa shape index (κ1) is 10.4. The summed E-state index contributed by atoms with van der Waals surface area (Å²) in [7, 11) is -1.54. The Morgan fingerprint density at radius 2 is 2.00 bits per heavy atom. The summed E-state index contributed by atoms with van der Waals surface area (Å²) in [5, 5.41) is 19.4. The minimum atomic E-state index is -1.54. The molecule has 0 aromatic carbocycles. The lowest BCUT2D eigenvalue weighted by Gasteiger charge is -2.13. The van der Waals surface area contributed by atoms with E-state index in [0.29, 0.717) is 0 Å². The number of carbonyl (C=O) groups is 1. The van der Waals surface area contributed by atoms with Crippen molar-refractivity contribution < 1.29 is 14.8 Å². The fraction of sp³-hybridized carbons (Fsp3) is 0.800. The van der Waals surface area contributed by atoms with Gasteiger partial charge in [-0.1, -0.05) is 0 Å². The second-order valence-corrected chi connectivity index (χ2v) is 2.50. The Morgan fingerprint density at radius 1 is 1.55 bits per heavy atom. The van der Waals surface area contributed by atoms with Crippen molar-refractivity contribution in [3.8, 4) is 0 Å². The highest BCUT2D eigenvalue weighted by molar-refractivity contribution is 6.43. The van der Waals surface area contributed by atoms with Crippen LogP contribution in [-0.4, -0.2) is 35.1 Å². The number of nitrogens with two attached hydrogens (primary N) is 1. The molecule has 0 aliphatic rings. The van der Waals surface area contributed by atoms with Crippen LogP contribution in [0.25, 0.3) is 0 Å². The van der Waals surface area contributed by atoms with Crippen LogP contribution >= 0.6 is 0 Å². The van der Waals surface area contributed by atoms with Crippen molar-refractivity contribution in [1.29, 1.82) is 0 Å². The van der Waals surface area contributed by atoms with Crippen LogP contribution in [0.4, 0.5) is 0 Å². The average Bonchev–Trinajstić information content (AvgIpc) is 1.87. The van der Waals surface area contributed by atoms with Crippen molar-refractivity contribution in [3.05, 3.63) is 0 Å². The Hall–Kier alpha value is -0.585. The summed E-state index contributed by atoms with van der Waals surface area (Å²) in [6, 6.07) is -0.629. The van der Waals surface area contributed by atoms with Crippen LogP contribution in [0.15, 0.2) is 0 Å².